The zero-order chi connectivity index (χ0) is 14.0. The summed E-state index contributed by atoms with van der Waals surface area (Å²) in [6.07, 6.45) is 0.544. The van der Waals surface area contributed by atoms with Crippen LogP contribution in [0, 0.1) is 0 Å². The highest BCUT2D eigenvalue weighted by atomic mass is 32.2. The Morgan fingerprint density at radius 3 is 2.79 bits per heavy atom. The van der Waals surface area contributed by atoms with E-state index < -0.39 is 11.4 Å². The molecular weight excluding hydrogens is 258 g/mol. The number of amides is 1. The maximum atomic E-state index is 11.2. The molecular formula is C14H19N3OS. The summed E-state index contributed by atoms with van der Waals surface area (Å²) in [6.45, 7) is 3.72. The number of fused-ring (bicyclic) bond motifs is 1. The SMILES string of the molecule is CC(CC(C)(N)C(N)=O)Sc1cc2ccccc2[nH]1. The molecule has 5 heteroatoms. The second-order valence-electron chi connectivity index (χ2n) is 5.14. The van der Waals surface area contributed by atoms with Crippen molar-refractivity contribution in [3.63, 3.8) is 0 Å². The normalized spacial score (nSPS) is 16.2. The number of aromatic nitrogens is 1. The molecule has 4 nitrogen and oxygen atoms in total. The van der Waals surface area contributed by atoms with Crippen molar-refractivity contribution in [2.75, 3.05) is 0 Å². The van der Waals surface area contributed by atoms with Crippen molar-refractivity contribution in [3.05, 3.63) is 30.3 Å². The Kier molecular flexibility index (Phi) is 3.87. The van der Waals surface area contributed by atoms with E-state index in [2.05, 4.69) is 17.1 Å². The molecule has 5 N–H and O–H groups in total. The minimum atomic E-state index is -0.960. The van der Waals surface area contributed by atoms with Crippen LogP contribution >= 0.6 is 11.8 Å². The Morgan fingerprint density at radius 2 is 2.16 bits per heavy atom. The Labute approximate surface area is 116 Å². The summed E-state index contributed by atoms with van der Waals surface area (Å²) in [5.74, 6) is -0.461. The summed E-state index contributed by atoms with van der Waals surface area (Å²) < 4.78 is 0. The first-order valence-corrected chi connectivity index (χ1v) is 7.09. The molecule has 2 unspecified atom stereocenters. The molecule has 0 spiro atoms. The number of carbonyl (C=O) groups is 1. The molecule has 1 amide bonds. The Balaban J connectivity index is 2.06. The van der Waals surface area contributed by atoms with Crippen LogP contribution in [0.2, 0.25) is 0 Å². The quantitative estimate of drug-likeness (QED) is 0.733. The second-order valence-corrected chi connectivity index (χ2v) is 6.62. The van der Waals surface area contributed by atoms with Gasteiger partial charge in [0.15, 0.2) is 0 Å². The van der Waals surface area contributed by atoms with E-state index in [0.717, 1.165) is 10.5 Å². The van der Waals surface area contributed by atoms with E-state index in [1.165, 1.54) is 5.39 Å². The predicted octanol–water partition coefficient (Wildman–Crippen LogP) is 2.24. The molecule has 2 aromatic rings. The van der Waals surface area contributed by atoms with Crippen molar-refractivity contribution < 1.29 is 4.79 Å². The van der Waals surface area contributed by atoms with Crippen molar-refractivity contribution in [1.82, 2.24) is 4.98 Å². The number of para-hydroxylation sites is 1. The fourth-order valence-corrected chi connectivity index (χ4v) is 3.29. The van der Waals surface area contributed by atoms with Crippen molar-refractivity contribution >= 4 is 28.6 Å². The highest BCUT2D eigenvalue weighted by Crippen LogP contribution is 2.29. The van der Waals surface area contributed by atoms with Crippen molar-refractivity contribution in [3.8, 4) is 0 Å². The van der Waals surface area contributed by atoms with Crippen molar-refractivity contribution in [1.29, 1.82) is 0 Å². The van der Waals surface area contributed by atoms with Gasteiger partial charge in [0.05, 0.1) is 10.6 Å². The zero-order valence-corrected chi connectivity index (χ0v) is 12.0. The van der Waals surface area contributed by atoms with Gasteiger partial charge in [-0.1, -0.05) is 25.1 Å². The van der Waals surface area contributed by atoms with Crippen LogP contribution in [-0.4, -0.2) is 21.7 Å². The van der Waals surface area contributed by atoms with Crippen LogP contribution in [0.15, 0.2) is 35.4 Å². The van der Waals surface area contributed by atoms with Gasteiger partial charge in [-0.3, -0.25) is 4.79 Å². The molecule has 0 aliphatic carbocycles. The smallest absolute Gasteiger partial charge is 0.237 e. The van der Waals surface area contributed by atoms with Crippen LogP contribution in [0.25, 0.3) is 10.9 Å². The van der Waals surface area contributed by atoms with Crippen molar-refractivity contribution in [2.45, 2.75) is 36.1 Å². The standard InChI is InChI=1S/C14H19N3OS/c1-9(8-14(2,16)13(15)18)19-12-7-10-5-3-4-6-11(10)17-12/h3-7,9,17H,8,16H2,1-2H3,(H2,15,18). The van der Waals surface area contributed by atoms with Gasteiger partial charge in [-0.15, -0.1) is 11.8 Å². The van der Waals surface area contributed by atoms with E-state index in [1.54, 1.807) is 18.7 Å². The van der Waals surface area contributed by atoms with Gasteiger partial charge in [-0.2, -0.15) is 0 Å². The van der Waals surface area contributed by atoms with Gasteiger partial charge < -0.3 is 16.5 Å². The number of aromatic amines is 1. The predicted molar refractivity (Wildman–Crippen MR) is 80.0 cm³/mol. The number of H-pyrrole nitrogens is 1. The second kappa shape index (κ2) is 5.27. The molecule has 0 bridgehead atoms. The van der Waals surface area contributed by atoms with Gasteiger partial charge in [0.2, 0.25) is 5.91 Å². The number of nitrogens with one attached hydrogen (secondary N) is 1. The average molecular weight is 277 g/mol. The molecule has 1 aromatic carbocycles. The monoisotopic (exact) mass is 277 g/mol. The largest absolute Gasteiger partial charge is 0.368 e. The number of carbonyl (C=O) groups excluding carboxylic acids is 1. The first kappa shape index (κ1) is 14.0. The topological polar surface area (TPSA) is 84.9 Å². The molecule has 102 valence electrons. The van der Waals surface area contributed by atoms with Crippen LogP contribution in [0.4, 0.5) is 0 Å². The first-order valence-electron chi connectivity index (χ1n) is 6.22. The minimum absolute atomic E-state index is 0.204. The van der Waals surface area contributed by atoms with E-state index in [0.29, 0.717) is 6.42 Å². The van der Waals surface area contributed by atoms with Crippen LogP contribution in [-0.2, 0) is 4.79 Å². The van der Waals surface area contributed by atoms with Crippen LogP contribution in [0.5, 0.6) is 0 Å². The van der Waals surface area contributed by atoms with Crippen LogP contribution < -0.4 is 11.5 Å². The van der Waals surface area contributed by atoms with Gasteiger partial charge in [0.25, 0.3) is 0 Å². The maximum Gasteiger partial charge on any atom is 0.237 e. The van der Waals surface area contributed by atoms with Gasteiger partial charge in [0, 0.05) is 16.2 Å². The van der Waals surface area contributed by atoms with Crippen molar-refractivity contribution in [2.24, 2.45) is 11.5 Å². The third kappa shape index (κ3) is 3.30. The first-order chi connectivity index (χ1) is 8.88. The summed E-state index contributed by atoms with van der Waals surface area (Å²) in [7, 11) is 0. The fourth-order valence-electron chi connectivity index (χ4n) is 2.07. The lowest BCUT2D eigenvalue weighted by atomic mass is 9.97. The lowest BCUT2D eigenvalue weighted by Gasteiger charge is -2.23. The van der Waals surface area contributed by atoms with Crippen LogP contribution in [0.3, 0.4) is 0 Å². The van der Waals surface area contributed by atoms with E-state index in [-0.39, 0.29) is 5.25 Å². The van der Waals surface area contributed by atoms with Gasteiger partial charge in [-0.05, 0) is 25.5 Å². The molecule has 1 heterocycles. The zero-order valence-electron chi connectivity index (χ0n) is 11.1. The molecule has 0 aliphatic rings. The molecule has 2 atom stereocenters. The minimum Gasteiger partial charge on any atom is -0.368 e. The summed E-state index contributed by atoms with van der Waals surface area (Å²) in [4.78, 5) is 14.6. The molecule has 1 aromatic heterocycles. The molecule has 0 radical (unpaired) electrons. The number of benzene rings is 1. The Morgan fingerprint density at radius 1 is 1.47 bits per heavy atom. The number of hydrogen-bond donors (Lipinski definition) is 3. The molecule has 2 rings (SSSR count). The van der Waals surface area contributed by atoms with Gasteiger partial charge in [0.1, 0.15) is 0 Å². The van der Waals surface area contributed by atoms with Crippen LogP contribution in [0.1, 0.15) is 20.3 Å². The molecule has 0 aliphatic heterocycles. The summed E-state index contributed by atoms with van der Waals surface area (Å²) in [5, 5.41) is 2.46. The lowest BCUT2D eigenvalue weighted by molar-refractivity contribution is -0.122. The maximum absolute atomic E-state index is 11.2. The van der Waals surface area contributed by atoms with E-state index in [4.69, 9.17) is 11.5 Å². The number of thioether (sulfide) groups is 1. The molecule has 0 fully saturated rings. The summed E-state index contributed by atoms with van der Waals surface area (Å²) in [5.41, 5.74) is 11.3. The fraction of sp³-hybridized carbons (Fsp3) is 0.357. The molecule has 19 heavy (non-hydrogen) atoms. The Bertz CT molecular complexity index is 558. The van der Waals surface area contributed by atoms with E-state index >= 15 is 0 Å². The van der Waals surface area contributed by atoms with E-state index in [9.17, 15) is 4.79 Å². The van der Waals surface area contributed by atoms with Gasteiger partial charge in [-0.25, -0.2) is 0 Å². The number of rotatable bonds is 5. The highest BCUT2D eigenvalue weighted by Gasteiger charge is 2.28. The highest BCUT2D eigenvalue weighted by molar-refractivity contribution is 7.99. The third-order valence-corrected chi connectivity index (χ3v) is 4.15. The molecule has 0 saturated heterocycles. The summed E-state index contributed by atoms with van der Waals surface area (Å²) >= 11 is 1.67. The number of primary amides is 1. The van der Waals surface area contributed by atoms with Gasteiger partial charge >= 0.3 is 0 Å². The third-order valence-electron chi connectivity index (χ3n) is 3.11. The number of hydrogen-bond acceptors (Lipinski definition) is 3. The van der Waals surface area contributed by atoms with E-state index in [1.807, 2.05) is 25.1 Å². The number of nitrogens with two attached hydrogens (primary N) is 2. The summed E-state index contributed by atoms with van der Waals surface area (Å²) in [6, 6.07) is 10.2. The average Bonchev–Trinajstić information content (AvgIpc) is 2.69. The molecule has 0 saturated carbocycles. The lowest BCUT2D eigenvalue weighted by Crippen LogP contribution is -2.50. The Hall–Kier alpha value is -1.46.